The molecule has 2 aromatic rings. The molecule has 1 aliphatic rings. The standard InChI is InChI=1S/C19H23F3N4O/c1-13-17(14-6-8-15(9-7-14)19(20,21)22)24-25-18(13)23-16(27)5-4-12-26-10-2-3-11-26/h6-9H,2-5,10-12H2,1H3,(H2,23,24,25,27). The third kappa shape index (κ3) is 4.88. The highest BCUT2D eigenvalue weighted by atomic mass is 19.4. The van der Waals surface area contributed by atoms with E-state index in [0.29, 0.717) is 29.1 Å². The third-order valence-corrected chi connectivity index (χ3v) is 4.85. The molecule has 3 rings (SSSR count). The van der Waals surface area contributed by atoms with Crippen LogP contribution < -0.4 is 5.32 Å². The van der Waals surface area contributed by atoms with Gasteiger partial charge in [0.05, 0.1) is 11.3 Å². The fraction of sp³-hybridized carbons (Fsp3) is 0.474. The van der Waals surface area contributed by atoms with Crippen LogP contribution >= 0.6 is 0 Å². The molecule has 5 nitrogen and oxygen atoms in total. The van der Waals surface area contributed by atoms with Gasteiger partial charge in [0.1, 0.15) is 0 Å². The van der Waals surface area contributed by atoms with Crippen LogP contribution in [0.25, 0.3) is 11.3 Å². The van der Waals surface area contributed by atoms with Crippen molar-refractivity contribution in [2.45, 2.75) is 38.8 Å². The third-order valence-electron chi connectivity index (χ3n) is 4.85. The molecule has 0 bridgehead atoms. The summed E-state index contributed by atoms with van der Waals surface area (Å²) >= 11 is 0. The fourth-order valence-electron chi connectivity index (χ4n) is 3.29. The first-order valence-electron chi connectivity index (χ1n) is 9.09. The van der Waals surface area contributed by atoms with E-state index >= 15 is 0 Å². The van der Waals surface area contributed by atoms with E-state index in [9.17, 15) is 18.0 Å². The van der Waals surface area contributed by atoms with Crippen molar-refractivity contribution in [2.24, 2.45) is 0 Å². The summed E-state index contributed by atoms with van der Waals surface area (Å²) in [6, 6.07) is 4.86. The number of aromatic amines is 1. The topological polar surface area (TPSA) is 61.0 Å². The zero-order valence-electron chi connectivity index (χ0n) is 15.2. The average Bonchev–Trinajstić information content (AvgIpc) is 3.25. The molecule has 1 aromatic carbocycles. The lowest BCUT2D eigenvalue weighted by Gasteiger charge is -2.13. The normalized spacial score (nSPS) is 15.3. The minimum Gasteiger partial charge on any atom is -0.309 e. The SMILES string of the molecule is Cc1c(NC(=O)CCCN2CCCC2)n[nH]c1-c1ccc(C(F)(F)F)cc1. The van der Waals surface area contributed by atoms with Gasteiger partial charge in [0, 0.05) is 12.0 Å². The second-order valence-corrected chi connectivity index (χ2v) is 6.85. The predicted molar refractivity (Wildman–Crippen MR) is 97.3 cm³/mol. The summed E-state index contributed by atoms with van der Waals surface area (Å²) in [5.41, 5.74) is 1.18. The molecule has 0 saturated carbocycles. The van der Waals surface area contributed by atoms with Crippen molar-refractivity contribution in [3.05, 3.63) is 35.4 Å². The lowest BCUT2D eigenvalue weighted by atomic mass is 10.1. The number of nitrogens with zero attached hydrogens (tertiary/aromatic N) is 2. The molecule has 1 aromatic heterocycles. The Kier molecular flexibility index (Phi) is 5.84. The van der Waals surface area contributed by atoms with Gasteiger partial charge in [-0.15, -0.1) is 0 Å². The number of likely N-dealkylation sites (tertiary alicyclic amines) is 1. The number of aromatic nitrogens is 2. The second-order valence-electron chi connectivity index (χ2n) is 6.85. The quantitative estimate of drug-likeness (QED) is 0.789. The second kappa shape index (κ2) is 8.12. The van der Waals surface area contributed by atoms with Crippen LogP contribution in [0.4, 0.5) is 19.0 Å². The number of H-pyrrole nitrogens is 1. The number of hydrogen-bond acceptors (Lipinski definition) is 3. The first-order valence-corrected chi connectivity index (χ1v) is 9.09. The molecule has 0 atom stereocenters. The molecular weight excluding hydrogens is 357 g/mol. The molecule has 8 heteroatoms. The molecule has 1 aliphatic heterocycles. The van der Waals surface area contributed by atoms with Gasteiger partial charge in [0.15, 0.2) is 5.82 Å². The minimum absolute atomic E-state index is 0.109. The number of nitrogens with one attached hydrogen (secondary N) is 2. The van der Waals surface area contributed by atoms with Gasteiger partial charge in [0.25, 0.3) is 0 Å². The number of amides is 1. The van der Waals surface area contributed by atoms with Gasteiger partial charge < -0.3 is 10.2 Å². The van der Waals surface area contributed by atoms with Crippen molar-refractivity contribution < 1.29 is 18.0 Å². The van der Waals surface area contributed by atoms with Crippen molar-refractivity contribution in [3.8, 4) is 11.3 Å². The van der Waals surface area contributed by atoms with Gasteiger partial charge in [-0.3, -0.25) is 9.89 Å². The summed E-state index contributed by atoms with van der Waals surface area (Å²) in [5.74, 6) is 0.304. The zero-order chi connectivity index (χ0) is 19.4. The minimum atomic E-state index is -4.37. The van der Waals surface area contributed by atoms with Gasteiger partial charge in [0.2, 0.25) is 5.91 Å². The number of anilines is 1. The van der Waals surface area contributed by atoms with Crippen LogP contribution in [0.1, 0.15) is 36.8 Å². The Morgan fingerprint density at radius 2 is 1.89 bits per heavy atom. The Balaban J connectivity index is 1.58. The van der Waals surface area contributed by atoms with Crippen LogP contribution in [0.15, 0.2) is 24.3 Å². The maximum absolute atomic E-state index is 12.7. The number of carbonyl (C=O) groups is 1. The molecular formula is C19H23F3N4O. The lowest BCUT2D eigenvalue weighted by Crippen LogP contribution is -2.22. The summed E-state index contributed by atoms with van der Waals surface area (Å²) in [7, 11) is 0. The summed E-state index contributed by atoms with van der Waals surface area (Å²) in [6.07, 6.45) is -0.702. The molecule has 1 amide bonds. The van der Waals surface area contributed by atoms with Gasteiger partial charge in [-0.2, -0.15) is 18.3 Å². The molecule has 27 heavy (non-hydrogen) atoms. The van der Waals surface area contributed by atoms with Crippen molar-refractivity contribution in [1.29, 1.82) is 0 Å². The Bertz CT molecular complexity index is 777. The molecule has 0 aliphatic carbocycles. The molecule has 2 N–H and O–H groups in total. The van der Waals surface area contributed by atoms with E-state index in [1.807, 2.05) is 0 Å². The maximum atomic E-state index is 12.7. The monoisotopic (exact) mass is 380 g/mol. The first-order chi connectivity index (χ1) is 12.8. The van der Waals surface area contributed by atoms with Crippen molar-refractivity contribution in [2.75, 3.05) is 25.0 Å². The van der Waals surface area contributed by atoms with Gasteiger partial charge in [-0.25, -0.2) is 0 Å². The van der Waals surface area contributed by atoms with E-state index in [2.05, 4.69) is 20.4 Å². The van der Waals surface area contributed by atoms with Gasteiger partial charge in [-0.1, -0.05) is 12.1 Å². The number of halogens is 3. The first kappa shape index (κ1) is 19.4. The van der Waals surface area contributed by atoms with Crippen LogP contribution in [0.3, 0.4) is 0 Å². The van der Waals surface area contributed by atoms with Crippen molar-refractivity contribution in [3.63, 3.8) is 0 Å². The van der Waals surface area contributed by atoms with Gasteiger partial charge >= 0.3 is 6.18 Å². The van der Waals surface area contributed by atoms with Crippen LogP contribution in [0.2, 0.25) is 0 Å². The number of carbonyl (C=O) groups excluding carboxylic acids is 1. The summed E-state index contributed by atoms with van der Waals surface area (Å²) < 4.78 is 38.0. The smallest absolute Gasteiger partial charge is 0.309 e. The maximum Gasteiger partial charge on any atom is 0.416 e. The van der Waals surface area contributed by atoms with Crippen molar-refractivity contribution >= 4 is 11.7 Å². The van der Waals surface area contributed by atoms with Crippen LogP contribution in [-0.2, 0) is 11.0 Å². The van der Waals surface area contributed by atoms with E-state index in [0.717, 1.165) is 38.2 Å². The molecule has 0 spiro atoms. The van der Waals surface area contributed by atoms with E-state index in [1.54, 1.807) is 6.92 Å². The van der Waals surface area contributed by atoms with E-state index in [-0.39, 0.29) is 5.91 Å². The average molecular weight is 380 g/mol. The predicted octanol–water partition coefficient (Wildman–Crippen LogP) is 4.22. The Morgan fingerprint density at radius 3 is 2.52 bits per heavy atom. The highest BCUT2D eigenvalue weighted by Gasteiger charge is 2.30. The summed E-state index contributed by atoms with van der Waals surface area (Å²) in [5, 5.41) is 9.68. The lowest BCUT2D eigenvalue weighted by molar-refractivity contribution is -0.137. The number of benzene rings is 1. The molecule has 2 heterocycles. The highest BCUT2D eigenvalue weighted by Crippen LogP contribution is 2.32. The van der Waals surface area contributed by atoms with Crippen LogP contribution in [0, 0.1) is 6.92 Å². The molecule has 1 fully saturated rings. The number of alkyl halides is 3. The molecule has 1 saturated heterocycles. The Morgan fingerprint density at radius 1 is 1.22 bits per heavy atom. The largest absolute Gasteiger partial charge is 0.416 e. The van der Waals surface area contributed by atoms with E-state index in [4.69, 9.17) is 0 Å². The highest BCUT2D eigenvalue weighted by molar-refractivity contribution is 5.91. The van der Waals surface area contributed by atoms with Gasteiger partial charge in [-0.05, 0) is 63.5 Å². The van der Waals surface area contributed by atoms with Crippen LogP contribution in [-0.4, -0.2) is 40.6 Å². The number of rotatable bonds is 6. The Labute approximate surface area is 155 Å². The number of hydrogen-bond donors (Lipinski definition) is 2. The Hall–Kier alpha value is -2.35. The molecule has 0 unspecified atom stereocenters. The van der Waals surface area contributed by atoms with E-state index < -0.39 is 11.7 Å². The molecule has 146 valence electrons. The zero-order valence-corrected chi connectivity index (χ0v) is 15.2. The molecule has 0 radical (unpaired) electrons. The fourth-order valence-corrected chi connectivity index (χ4v) is 3.29. The summed E-state index contributed by atoms with van der Waals surface area (Å²) in [4.78, 5) is 14.5. The van der Waals surface area contributed by atoms with E-state index in [1.165, 1.54) is 25.0 Å². The summed E-state index contributed by atoms with van der Waals surface area (Å²) in [6.45, 7) is 4.91. The van der Waals surface area contributed by atoms with Crippen molar-refractivity contribution in [1.82, 2.24) is 15.1 Å². The van der Waals surface area contributed by atoms with Crippen LogP contribution in [0.5, 0.6) is 0 Å².